The number of benzene rings is 1. The third kappa shape index (κ3) is 5.44. The standard InChI is InChI=1S/C22H33N5O2.HI/c1-4-21(3)18(28)27(20(29)26-21)15-9-14-24-19(23-5-2)25-16-22(12-13-22)17-10-7-6-8-11-17;/h6-8,10-11H,4-5,9,12-16H2,1-3H3,(H,26,29)(H2,23,24,25);1H. The fourth-order valence-corrected chi connectivity index (χ4v) is 3.69. The number of aliphatic imine (C=N–C) groups is 1. The second-order valence-electron chi connectivity index (χ2n) is 8.19. The van der Waals surface area contributed by atoms with Crippen LogP contribution in [0.2, 0.25) is 0 Å². The van der Waals surface area contributed by atoms with Gasteiger partial charge in [-0.1, -0.05) is 37.3 Å². The first-order valence-electron chi connectivity index (χ1n) is 10.7. The molecule has 0 spiro atoms. The Morgan fingerprint density at radius 2 is 1.87 bits per heavy atom. The molecule has 7 nitrogen and oxygen atoms in total. The van der Waals surface area contributed by atoms with E-state index in [0.717, 1.165) is 19.0 Å². The van der Waals surface area contributed by atoms with Gasteiger partial charge in [-0.3, -0.25) is 14.7 Å². The summed E-state index contributed by atoms with van der Waals surface area (Å²) in [4.78, 5) is 30.6. The van der Waals surface area contributed by atoms with Crippen LogP contribution in [0.4, 0.5) is 4.79 Å². The molecule has 1 heterocycles. The van der Waals surface area contributed by atoms with E-state index in [4.69, 9.17) is 4.99 Å². The van der Waals surface area contributed by atoms with Gasteiger partial charge in [-0.2, -0.15) is 0 Å². The Morgan fingerprint density at radius 3 is 2.43 bits per heavy atom. The highest BCUT2D eigenvalue weighted by Crippen LogP contribution is 2.48. The molecule has 1 aliphatic carbocycles. The maximum Gasteiger partial charge on any atom is 0.325 e. The molecule has 1 unspecified atom stereocenters. The van der Waals surface area contributed by atoms with Crippen molar-refractivity contribution < 1.29 is 9.59 Å². The van der Waals surface area contributed by atoms with E-state index in [2.05, 4.69) is 40.2 Å². The average Bonchev–Trinajstić information content (AvgIpc) is 3.49. The lowest BCUT2D eigenvalue weighted by atomic mass is 9.96. The molecular weight excluding hydrogens is 493 g/mol. The third-order valence-electron chi connectivity index (χ3n) is 6.03. The Morgan fingerprint density at radius 1 is 1.17 bits per heavy atom. The summed E-state index contributed by atoms with van der Waals surface area (Å²) in [6, 6.07) is 10.3. The van der Waals surface area contributed by atoms with E-state index < -0.39 is 5.54 Å². The van der Waals surface area contributed by atoms with Gasteiger partial charge < -0.3 is 16.0 Å². The second-order valence-corrected chi connectivity index (χ2v) is 8.19. The van der Waals surface area contributed by atoms with Gasteiger partial charge in [0.2, 0.25) is 0 Å². The first-order valence-corrected chi connectivity index (χ1v) is 10.7. The van der Waals surface area contributed by atoms with Crippen molar-refractivity contribution in [3.8, 4) is 0 Å². The van der Waals surface area contributed by atoms with E-state index in [9.17, 15) is 9.59 Å². The first kappa shape index (κ1) is 24.4. The van der Waals surface area contributed by atoms with Crippen LogP contribution >= 0.6 is 24.0 Å². The molecular formula is C22H34IN5O2. The number of carbonyl (C=O) groups excluding carboxylic acids is 2. The van der Waals surface area contributed by atoms with E-state index in [1.165, 1.54) is 23.3 Å². The highest BCUT2D eigenvalue weighted by molar-refractivity contribution is 14.0. The zero-order valence-corrected chi connectivity index (χ0v) is 20.5. The highest BCUT2D eigenvalue weighted by Gasteiger charge is 2.46. The molecule has 8 heteroatoms. The van der Waals surface area contributed by atoms with Crippen LogP contribution in [0.5, 0.6) is 0 Å². The summed E-state index contributed by atoms with van der Waals surface area (Å²) in [6.07, 6.45) is 3.60. The summed E-state index contributed by atoms with van der Waals surface area (Å²) >= 11 is 0. The molecule has 1 saturated heterocycles. The van der Waals surface area contributed by atoms with Crippen LogP contribution in [0.3, 0.4) is 0 Å². The maximum atomic E-state index is 12.4. The number of hydrogen-bond donors (Lipinski definition) is 3. The average molecular weight is 527 g/mol. The van der Waals surface area contributed by atoms with Crippen molar-refractivity contribution in [3.63, 3.8) is 0 Å². The molecule has 2 fully saturated rings. The minimum atomic E-state index is -0.767. The maximum absolute atomic E-state index is 12.4. The lowest BCUT2D eigenvalue weighted by Gasteiger charge is -2.19. The highest BCUT2D eigenvalue weighted by atomic mass is 127. The molecule has 1 saturated carbocycles. The van der Waals surface area contributed by atoms with Crippen LogP contribution in [0, 0.1) is 0 Å². The topological polar surface area (TPSA) is 85.8 Å². The predicted molar refractivity (Wildman–Crippen MR) is 130 cm³/mol. The van der Waals surface area contributed by atoms with E-state index in [0.29, 0.717) is 25.9 Å². The molecule has 2 aliphatic rings. The van der Waals surface area contributed by atoms with Gasteiger partial charge in [-0.05, 0) is 45.1 Å². The van der Waals surface area contributed by atoms with Crippen LogP contribution < -0.4 is 16.0 Å². The van der Waals surface area contributed by atoms with Gasteiger partial charge >= 0.3 is 6.03 Å². The van der Waals surface area contributed by atoms with Crippen molar-refractivity contribution in [3.05, 3.63) is 35.9 Å². The molecule has 1 aromatic carbocycles. The van der Waals surface area contributed by atoms with Crippen LogP contribution in [-0.4, -0.2) is 54.5 Å². The van der Waals surface area contributed by atoms with Crippen molar-refractivity contribution in [2.24, 2.45) is 4.99 Å². The number of hydrogen-bond acceptors (Lipinski definition) is 3. The predicted octanol–water partition coefficient (Wildman–Crippen LogP) is 3.00. The normalized spacial score (nSPS) is 22.4. The van der Waals surface area contributed by atoms with Crippen LogP contribution in [0.15, 0.2) is 35.3 Å². The minimum Gasteiger partial charge on any atom is -0.357 e. The molecule has 166 valence electrons. The van der Waals surface area contributed by atoms with Gasteiger partial charge in [0.1, 0.15) is 5.54 Å². The van der Waals surface area contributed by atoms with Crippen molar-refractivity contribution >= 4 is 41.9 Å². The number of carbonyl (C=O) groups is 2. The van der Waals surface area contributed by atoms with Crippen molar-refractivity contribution in [1.82, 2.24) is 20.9 Å². The summed E-state index contributed by atoms with van der Waals surface area (Å²) in [5.74, 6) is 0.648. The molecule has 1 atom stereocenters. The Bertz CT molecular complexity index is 766. The monoisotopic (exact) mass is 527 g/mol. The Labute approximate surface area is 196 Å². The van der Waals surface area contributed by atoms with E-state index in [1.54, 1.807) is 6.92 Å². The van der Waals surface area contributed by atoms with Crippen molar-refractivity contribution in [2.75, 3.05) is 26.2 Å². The smallest absolute Gasteiger partial charge is 0.325 e. The molecule has 1 aromatic rings. The molecule has 30 heavy (non-hydrogen) atoms. The van der Waals surface area contributed by atoms with Crippen molar-refractivity contribution in [1.29, 1.82) is 0 Å². The van der Waals surface area contributed by atoms with E-state index in [1.807, 2.05) is 19.9 Å². The number of nitrogens with zero attached hydrogens (tertiary/aromatic N) is 2. The van der Waals surface area contributed by atoms with Gasteiger partial charge in [0.05, 0.1) is 6.54 Å². The zero-order chi connectivity index (χ0) is 20.9. The molecule has 0 radical (unpaired) electrons. The van der Waals surface area contributed by atoms with E-state index in [-0.39, 0.29) is 41.3 Å². The molecule has 3 amide bonds. The SMILES string of the molecule is CCNC(=NCC1(c2ccccc2)CC1)NCCCN1C(=O)NC(C)(CC)C1=O.I. The molecule has 3 N–H and O–H groups in total. The van der Waals surface area contributed by atoms with Crippen LogP contribution in [-0.2, 0) is 10.2 Å². The number of rotatable bonds is 9. The van der Waals surface area contributed by atoms with Gasteiger partial charge in [-0.25, -0.2) is 4.79 Å². The number of amides is 3. The lowest BCUT2D eigenvalue weighted by Crippen LogP contribution is -2.43. The number of imide groups is 1. The first-order chi connectivity index (χ1) is 13.9. The molecule has 0 aromatic heterocycles. The largest absolute Gasteiger partial charge is 0.357 e. The number of urea groups is 1. The summed E-state index contributed by atoms with van der Waals surface area (Å²) in [7, 11) is 0. The summed E-state index contributed by atoms with van der Waals surface area (Å²) < 4.78 is 0. The van der Waals surface area contributed by atoms with Crippen molar-refractivity contribution in [2.45, 2.75) is 57.4 Å². The van der Waals surface area contributed by atoms with E-state index >= 15 is 0 Å². The Balaban J connectivity index is 0.00000320. The summed E-state index contributed by atoms with van der Waals surface area (Å²) in [6.45, 7) is 8.32. The lowest BCUT2D eigenvalue weighted by molar-refractivity contribution is -0.130. The fourth-order valence-electron chi connectivity index (χ4n) is 3.69. The number of nitrogens with one attached hydrogen (secondary N) is 3. The fraction of sp³-hybridized carbons (Fsp3) is 0.591. The zero-order valence-electron chi connectivity index (χ0n) is 18.2. The van der Waals surface area contributed by atoms with Gasteiger partial charge in [-0.15, -0.1) is 24.0 Å². The Hall–Kier alpha value is -1.84. The Kier molecular flexibility index (Phi) is 8.52. The second kappa shape index (κ2) is 10.5. The molecule has 0 bridgehead atoms. The van der Waals surface area contributed by atoms with Gasteiger partial charge in [0, 0.05) is 25.0 Å². The molecule has 1 aliphatic heterocycles. The quantitative estimate of drug-likeness (QED) is 0.152. The summed E-state index contributed by atoms with van der Waals surface area (Å²) in [5, 5.41) is 9.40. The number of guanidine groups is 1. The van der Waals surface area contributed by atoms with Gasteiger partial charge in [0.15, 0.2) is 5.96 Å². The van der Waals surface area contributed by atoms with Crippen LogP contribution in [0.1, 0.15) is 52.0 Å². The third-order valence-corrected chi connectivity index (χ3v) is 6.03. The minimum absolute atomic E-state index is 0. The van der Waals surface area contributed by atoms with Crippen LogP contribution in [0.25, 0.3) is 0 Å². The number of halogens is 1. The summed E-state index contributed by atoms with van der Waals surface area (Å²) in [5.41, 5.74) is 0.766. The van der Waals surface area contributed by atoms with Gasteiger partial charge in [0.25, 0.3) is 5.91 Å². The molecule has 3 rings (SSSR count).